The van der Waals surface area contributed by atoms with E-state index in [9.17, 15) is 4.79 Å². The Morgan fingerprint density at radius 1 is 1.53 bits per heavy atom. The lowest BCUT2D eigenvalue weighted by molar-refractivity contribution is -0.115. The molecule has 2 nitrogen and oxygen atoms in total. The van der Waals surface area contributed by atoms with E-state index in [4.69, 9.17) is 11.6 Å². The zero-order chi connectivity index (χ0) is 13.8. The summed E-state index contributed by atoms with van der Waals surface area (Å²) in [6, 6.07) is 5.86. The van der Waals surface area contributed by atoms with Crippen LogP contribution in [-0.2, 0) is 11.2 Å². The fourth-order valence-electron chi connectivity index (χ4n) is 1.86. The molecule has 1 amide bonds. The van der Waals surface area contributed by atoms with Gasteiger partial charge < -0.3 is 5.32 Å². The molecule has 1 heterocycles. The number of rotatable bonds is 4. The molecule has 1 N–H and O–H groups in total. The van der Waals surface area contributed by atoms with Gasteiger partial charge in [0.2, 0.25) is 5.91 Å². The first kappa shape index (κ1) is 14.1. The third-order valence-electron chi connectivity index (χ3n) is 2.83. The molecule has 1 aromatic carbocycles. The normalized spacial score (nSPS) is 14.6. The Balaban J connectivity index is 2.21. The van der Waals surface area contributed by atoms with Crippen LogP contribution in [0.3, 0.4) is 0 Å². The van der Waals surface area contributed by atoms with Crippen molar-refractivity contribution in [3.05, 3.63) is 58.6 Å². The fraction of sp³-hybridized carbons (Fsp3) is 0.133. The molecule has 1 aliphatic heterocycles. The molecule has 0 bridgehead atoms. The van der Waals surface area contributed by atoms with E-state index in [1.165, 1.54) is 0 Å². The lowest BCUT2D eigenvalue weighted by Crippen LogP contribution is -2.03. The molecule has 0 atom stereocenters. The van der Waals surface area contributed by atoms with Crippen molar-refractivity contribution in [1.29, 1.82) is 0 Å². The molecule has 0 unspecified atom stereocenters. The Bertz CT molecular complexity index is 590. The number of nitrogens with one attached hydrogen (secondary N) is 1. The number of fused-ring (bicyclic) bond motifs is 1. The number of benzene rings is 1. The second kappa shape index (κ2) is 6.22. The highest BCUT2D eigenvalue weighted by Gasteiger charge is 2.18. The minimum atomic E-state index is 0.0393. The van der Waals surface area contributed by atoms with Gasteiger partial charge in [-0.2, -0.15) is 0 Å². The van der Waals surface area contributed by atoms with Crippen molar-refractivity contribution in [3.63, 3.8) is 0 Å². The molecule has 4 heteroatoms. The lowest BCUT2D eigenvalue weighted by Gasteiger charge is -2.07. The van der Waals surface area contributed by atoms with Gasteiger partial charge in [0, 0.05) is 16.0 Å². The largest absolute Gasteiger partial charge is 0.326 e. The van der Waals surface area contributed by atoms with Gasteiger partial charge in [-0.15, -0.1) is 11.6 Å². The minimum Gasteiger partial charge on any atom is -0.326 e. The van der Waals surface area contributed by atoms with E-state index in [-0.39, 0.29) is 5.91 Å². The average molecular weight is 339 g/mol. The first-order chi connectivity index (χ1) is 9.11. The van der Waals surface area contributed by atoms with Crippen LogP contribution in [-0.4, -0.2) is 11.8 Å². The van der Waals surface area contributed by atoms with E-state index in [0.29, 0.717) is 12.3 Å². The summed E-state index contributed by atoms with van der Waals surface area (Å²) in [5, 5.41) is 2.81. The summed E-state index contributed by atoms with van der Waals surface area (Å²) in [4.78, 5) is 11.3. The van der Waals surface area contributed by atoms with Gasteiger partial charge in [-0.1, -0.05) is 40.7 Å². The van der Waals surface area contributed by atoms with Gasteiger partial charge in [0.15, 0.2) is 0 Å². The zero-order valence-corrected chi connectivity index (χ0v) is 12.6. The third kappa shape index (κ3) is 3.37. The fourth-order valence-corrected chi connectivity index (χ4v) is 2.34. The predicted molar refractivity (Wildman–Crippen MR) is 84.7 cm³/mol. The van der Waals surface area contributed by atoms with Crippen molar-refractivity contribution < 1.29 is 4.79 Å². The SMILES string of the molecule is C=C(/C(Br)=C\C=C/CCl)c1ccc2c(c1)CC(=O)N2. The van der Waals surface area contributed by atoms with Gasteiger partial charge in [-0.05, 0) is 34.9 Å². The van der Waals surface area contributed by atoms with E-state index in [1.807, 2.05) is 36.4 Å². The second-order valence-electron chi connectivity index (χ2n) is 4.17. The molecule has 19 heavy (non-hydrogen) atoms. The van der Waals surface area contributed by atoms with E-state index >= 15 is 0 Å². The molecule has 0 saturated carbocycles. The molecular formula is C15H13BrClNO. The number of alkyl halides is 1. The van der Waals surface area contributed by atoms with Gasteiger partial charge in [0.1, 0.15) is 0 Å². The van der Waals surface area contributed by atoms with E-state index in [1.54, 1.807) is 0 Å². The quantitative estimate of drug-likeness (QED) is 0.645. The molecule has 0 saturated heterocycles. The summed E-state index contributed by atoms with van der Waals surface area (Å²) in [6.45, 7) is 4.06. The van der Waals surface area contributed by atoms with Crippen LogP contribution in [0.2, 0.25) is 0 Å². The van der Waals surface area contributed by atoms with Crippen LogP contribution in [0.4, 0.5) is 5.69 Å². The van der Waals surface area contributed by atoms with Gasteiger partial charge in [-0.25, -0.2) is 0 Å². The van der Waals surface area contributed by atoms with Crippen molar-refractivity contribution in [3.8, 4) is 0 Å². The molecule has 0 aromatic heterocycles. The Morgan fingerprint density at radius 3 is 3.05 bits per heavy atom. The highest BCUT2D eigenvalue weighted by Crippen LogP contribution is 2.31. The lowest BCUT2D eigenvalue weighted by atomic mass is 10.0. The highest BCUT2D eigenvalue weighted by atomic mass is 79.9. The number of amides is 1. The monoisotopic (exact) mass is 337 g/mol. The molecule has 1 aliphatic rings. The van der Waals surface area contributed by atoms with Gasteiger partial charge in [0.25, 0.3) is 0 Å². The Kier molecular flexibility index (Phi) is 4.61. The molecular weight excluding hydrogens is 326 g/mol. The molecule has 0 spiro atoms. The van der Waals surface area contributed by atoms with Crippen LogP contribution in [0.15, 0.2) is 47.5 Å². The first-order valence-corrected chi connectivity index (χ1v) is 7.15. The van der Waals surface area contributed by atoms with Gasteiger partial charge >= 0.3 is 0 Å². The standard InChI is InChI=1S/C15H13BrClNO/c1-10(13(16)4-2-3-7-17)11-5-6-14-12(8-11)9-15(19)18-14/h2-6,8H,1,7,9H2,(H,18,19)/b3-2-,13-4+. The summed E-state index contributed by atoms with van der Waals surface area (Å²) >= 11 is 9.05. The Hall–Kier alpha value is -1.32. The molecule has 98 valence electrons. The van der Waals surface area contributed by atoms with E-state index in [2.05, 4.69) is 27.8 Å². The second-order valence-corrected chi connectivity index (χ2v) is 5.34. The maximum atomic E-state index is 11.3. The number of anilines is 1. The summed E-state index contributed by atoms with van der Waals surface area (Å²) in [7, 11) is 0. The molecule has 2 rings (SSSR count). The Morgan fingerprint density at radius 2 is 2.32 bits per heavy atom. The topological polar surface area (TPSA) is 29.1 Å². The third-order valence-corrected chi connectivity index (χ3v) is 3.76. The van der Waals surface area contributed by atoms with Crippen LogP contribution >= 0.6 is 27.5 Å². The van der Waals surface area contributed by atoms with Crippen molar-refractivity contribution >= 4 is 44.7 Å². The maximum Gasteiger partial charge on any atom is 0.228 e. The van der Waals surface area contributed by atoms with Crippen LogP contribution in [0, 0.1) is 0 Å². The van der Waals surface area contributed by atoms with Crippen LogP contribution < -0.4 is 5.32 Å². The summed E-state index contributed by atoms with van der Waals surface area (Å²) in [6.07, 6.45) is 6.06. The van der Waals surface area contributed by atoms with Crippen LogP contribution in [0.5, 0.6) is 0 Å². The van der Waals surface area contributed by atoms with Gasteiger partial charge in [0.05, 0.1) is 6.42 Å². The minimum absolute atomic E-state index is 0.0393. The molecule has 0 aliphatic carbocycles. The van der Waals surface area contributed by atoms with Gasteiger partial charge in [-0.3, -0.25) is 4.79 Å². The number of hydrogen-bond donors (Lipinski definition) is 1. The number of hydrogen-bond acceptors (Lipinski definition) is 1. The average Bonchev–Trinajstić information content (AvgIpc) is 2.77. The van der Waals surface area contributed by atoms with Crippen molar-refractivity contribution in [2.24, 2.45) is 0 Å². The predicted octanol–water partition coefficient (Wildman–Crippen LogP) is 4.27. The van der Waals surface area contributed by atoms with Crippen molar-refractivity contribution in [2.45, 2.75) is 6.42 Å². The Labute approximate surface area is 126 Å². The molecule has 0 fully saturated rings. The summed E-state index contributed by atoms with van der Waals surface area (Å²) in [5.74, 6) is 0.521. The number of carbonyl (C=O) groups is 1. The van der Waals surface area contributed by atoms with Crippen molar-refractivity contribution in [1.82, 2.24) is 0 Å². The zero-order valence-electron chi connectivity index (χ0n) is 10.2. The van der Waals surface area contributed by atoms with E-state index < -0.39 is 0 Å². The summed E-state index contributed by atoms with van der Waals surface area (Å²) < 4.78 is 0.895. The first-order valence-electron chi connectivity index (χ1n) is 5.82. The number of halogens is 2. The number of allylic oxidation sites excluding steroid dienone is 5. The number of carbonyl (C=O) groups excluding carboxylic acids is 1. The maximum absolute atomic E-state index is 11.3. The smallest absolute Gasteiger partial charge is 0.228 e. The van der Waals surface area contributed by atoms with E-state index in [0.717, 1.165) is 26.9 Å². The molecule has 0 radical (unpaired) electrons. The van der Waals surface area contributed by atoms with Crippen molar-refractivity contribution in [2.75, 3.05) is 11.2 Å². The molecule has 1 aromatic rings. The van der Waals surface area contributed by atoms with Crippen LogP contribution in [0.25, 0.3) is 5.57 Å². The van der Waals surface area contributed by atoms with Crippen LogP contribution in [0.1, 0.15) is 11.1 Å². The summed E-state index contributed by atoms with van der Waals surface area (Å²) in [5.41, 5.74) is 3.78. The highest BCUT2D eigenvalue weighted by molar-refractivity contribution is 9.12.